The highest BCUT2D eigenvalue weighted by atomic mass is 32.2. The molecular weight excluding hydrogens is 298 g/mol. The molecule has 0 fully saturated rings. The zero-order chi connectivity index (χ0) is 13.7. The summed E-state index contributed by atoms with van der Waals surface area (Å²) in [5, 5.41) is 8.81. The molecule has 102 valence electrons. The average Bonchev–Trinajstić information content (AvgIpc) is 2.88. The molecule has 2 aromatic rings. The summed E-state index contributed by atoms with van der Waals surface area (Å²) >= 11 is 4.57. The number of hydrogen-bond donors (Lipinski definition) is 1. The first-order chi connectivity index (χ1) is 9.21. The first-order valence-corrected chi connectivity index (χ1v) is 8.69. The van der Waals surface area contributed by atoms with Gasteiger partial charge < -0.3 is 5.73 Å². The Balaban J connectivity index is 1.98. The van der Waals surface area contributed by atoms with Crippen molar-refractivity contribution in [2.24, 2.45) is 5.73 Å². The summed E-state index contributed by atoms with van der Waals surface area (Å²) in [4.78, 5) is 8.65. The number of hydrogen-bond acceptors (Lipinski definition) is 8. The Morgan fingerprint density at radius 2 is 1.95 bits per heavy atom. The van der Waals surface area contributed by atoms with Gasteiger partial charge in [-0.3, -0.25) is 0 Å². The maximum absolute atomic E-state index is 5.90. The van der Waals surface area contributed by atoms with Gasteiger partial charge in [0.25, 0.3) is 0 Å². The molecule has 0 saturated heterocycles. The summed E-state index contributed by atoms with van der Waals surface area (Å²) in [5.41, 5.74) is 6.98. The molecule has 0 aliphatic carbocycles. The minimum Gasteiger partial charge on any atom is -0.327 e. The molecule has 19 heavy (non-hydrogen) atoms. The van der Waals surface area contributed by atoms with Crippen molar-refractivity contribution in [2.45, 2.75) is 39.6 Å². The Morgan fingerprint density at radius 3 is 2.53 bits per heavy atom. The van der Waals surface area contributed by atoms with Crippen LogP contribution in [0.25, 0.3) is 0 Å². The molecule has 2 aromatic heterocycles. The van der Waals surface area contributed by atoms with E-state index in [0.717, 1.165) is 27.1 Å². The molecule has 2 heterocycles. The molecule has 0 aromatic carbocycles. The van der Waals surface area contributed by atoms with Gasteiger partial charge in [-0.1, -0.05) is 30.0 Å². The van der Waals surface area contributed by atoms with Crippen LogP contribution in [-0.4, -0.2) is 32.5 Å². The largest absolute Gasteiger partial charge is 0.327 e. The maximum Gasteiger partial charge on any atom is 0.194 e. The SMILES string of the molecule is CCC(N)Cc1cnc(Sc2nnc(SC)s2)nc1. The van der Waals surface area contributed by atoms with Gasteiger partial charge in [-0.25, -0.2) is 9.97 Å². The monoisotopic (exact) mass is 313 g/mol. The molecular formula is C11H15N5S3. The van der Waals surface area contributed by atoms with E-state index in [4.69, 9.17) is 5.73 Å². The quantitative estimate of drug-likeness (QED) is 0.648. The average molecular weight is 313 g/mol. The Bertz CT molecular complexity index is 513. The third-order valence-corrected chi connectivity index (χ3v) is 5.29. The number of thioether (sulfide) groups is 1. The van der Waals surface area contributed by atoms with E-state index in [1.54, 1.807) is 23.1 Å². The summed E-state index contributed by atoms with van der Waals surface area (Å²) in [7, 11) is 0. The lowest BCUT2D eigenvalue weighted by Gasteiger charge is -2.07. The van der Waals surface area contributed by atoms with Crippen LogP contribution in [-0.2, 0) is 6.42 Å². The normalized spacial score (nSPS) is 12.6. The lowest BCUT2D eigenvalue weighted by molar-refractivity contribution is 0.641. The maximum atomic E-state index is 5.90. The van der Waals surface area contributed by atoms with Crippen molar-refractivity contribution in [2.75, 3.05) is 6.26 Å². The smallest absolute Gasteiger partial charge is 0.194 e. The molecule has 8 heteroatoms. The lowest BCUT2D eigenvalue weighted by Crippen LogP contribution is -2.21. The van der Waals surface area contributed by atoms with Gasteiger partial charge in [0, 0.05) is 18.4 Å². The minimum atomic E-state index is 0.175. The van der Waals surface area contributed by atoms with Gasteiger partial charge in [0.2, 0.25) is 0 Å². The second kappa shape index (κ2) is 7.18. The number of nitrogens with two attached hydrogens (primary N) is 1. The van der Waals surface area contributed by atoms with Crippen LogP contribution >= 0.6 is 34.9 Å². The van der Waals surface area contributed by atoms with Crippen LogP contribution in [0.15, 0.2) is 26.2 Å². The fraction of sp³-hybridized carbons (Fsp3) is 0.455. The first kappa shape index (κ1) is 14.7. The zero-order valence-electron chi connectivity index (χ0n) is 10.7. The molecule has 0 aliphatic heterocycles. The molecule has 0 aliphatic rings. The molecule has 0 bridgehead atoms. The summed E-state index contributed by atoms with van der Waals surface area (Å²) in [6.45, 7) is 2.08. The fourth-order valence-electron chi connectivity index (χ4n) is 1.35. The van der Waals surface area contributed by atoms with Crippen molar-refractivity contribution in [1.82, 2.24) is 20.2 Å². The molecule has 0 saturated carbocycles. The summed E-state index contributed by atoms with van der Waals surface area (Å²) in [6.07, 6.45) is 7.43. The summed E-state index contributed by atoms with van der Waals surface area (Å²) in [6, 6.07) is 0.175. The van der Waals surface area contributed by atoms with Crippen LogP contribution in [0.3, 0.4) is 0 Å². The highest BCUT2D eigenvalue weighted by Crippen LogP contribution is 2.30. The summed E-state index contributed by atoms with van der Waals surface area (Å²) < 4.78 is 1.82. The number of nitrogens with zero attached hydrogens (tertiary/aromatic N) is 4. The first-order valence-electron chi connectivity index (χ1n) is 5.83. The number of aromatic nitrogens is 4. The Hall–Kier alpha value is -0.700. The van der Waals surface area contributed by atoms with Crippen molar-refractivity contribution in [3.8, 4) is 0 Å². The standard InChI is InChI=1S/C11H15N5S3/c1-3-8(12)4-7-5-13-9(14-6-7)18-11-16-15-10(17-2)19-11/h5-6,8H,3-4,12H2,1-2H3. The van der Waals surface area contributed by atoms with Gasteiger partial charge in [-0.15, -0.1) is 10.2 Å². The number of rotatable bonds is 6. The molecule has 2 N–H and O–H groups in total. The molecule has 2 rings (SSSR count). The third-order valence-electron chi connectivity index (χ3n) is 2.45. The van der Waals surface area contributed by atoms with Gasteiger partial charge in [0.1, 0.15) is 0 Å². The Kier molecular flexibility index (Phi) is 5.56. The van der Waals surface area contributed by atoms with Crippen LogP contribution in [0.5, 0.6) is 0 Å². The van der Waals surface area contributed by atoms with E-state index in [1.165, 1.54) is 11.8 Å². The van der Waals surface area contributed by atoms with Crippen molar-refractivity contribution in [3.63, 3.8) is 0 Å². The topological polar surface area (TPSA) is 77.6 Å². The van der Waals surface area contributed by atoms with Crippen LogP contribution < -0.4 is 5.73 Å². The van der Waals surface area contributed by atoms with Gasteiger partial charge >= 0.3 is 0 Å². The van der Waals surface area contributed by atoms with Crippen molar-refractivity contribution in [1.29, 1.82) is 0 Å². The van der Waals surface area contributed by atoms with Gasteiger partial charge in [-0.2, -0.15) is 0 Å². The molecule has 1 atom stereocenters. The minimum absolute atomic E-state index is 0.175. The van der Waals surface area contributed by atoms with E-state index in [-0.39, 0.29) is 6.04 Å². The molecule has 0 spiro atoms. The Morgan fingerprint density at radius 1 is 1.26 bits per heavy atom. The second-order valence-electron chi connectivity index (χ2n) is 3.89. The zero-order valence-corrected chi connectivity index (χ0v) is 13.2. The fourth-order valence-corrected chi connectivity index (χ4v) is 3.59. The van der Waals surface area contributed by atoms with Gasteiger partial charge in [0.05, 0.1) is 0 Å². The van der Waals surface area contributed by atoms with Crippen molar-refractivity contribution >= 4 is 34.9 Å². The van der Waals surface area contributed by atoms with Crippen LogP contribution in [0.2, 0.25) is 0 Å². The van der Waals surface area contributed by atoms with Crippen LogP contribution in [0.1, 0.15) is 18.9 Å². The van der Waals surface area contributed by atoms with E-state index in [2.05, 4.69) is 27.1 Å². The van der Waals surface area contributed by atoms with Gasteiger partial charge in [-0.05, 0) is 36.4 Å². The highest BCUT2D eigenvalue weighted by Gasteiger charge is 2.08. The van der Waals surface area contributed by atoms with E-state index in [1.807, 2.05) is 18.6 Å². The predicted octanol–water partition coefficient (Wildman–Crippen LogP) is 2.48. The van der Waals surface area contributed by atoms with Gasteiger partial charge in [0.15, 0.2) is 13.8 Å². The van der Waals surface area contributed by atoms with E-state index in [0.29, 0.717) is 5.16 Å². The molecule has 5 nitrogen and oxygen atoms in total. The molecule has 1 unspecified atom stereocenters. The highest BCUT2D eigenvalue weighted by molar-refractivity contribution is 8.02. The van der Waals surface area contributed by atoms with E-state index >= 15 is 0 Å². The lowest BCUT2D eigenvalue weighted by atomic mass is 10.1. The van der Waals surface area contributed by atoms with E-state index < -0.39 is 0 Å². The van der Waals surface area contributed by atoms with E-state index in [9.17, 15) is 0 Å². The Labute approximate surface area is 124 Å². The molecule has 0 amide bonds. The third kappa shape index (κ3) is 4.41. The summed E-state index contributed by atoms with van der Waals surface area (Å²) in [5.74, 6) is 0. The molecule has 0 radical (unpaired) electrons. The predicted molar refractivity (Wildman–Crippen MR) is 79.8 cm³/mol. The van der Waals surface area contributed by atoms with Crippen molar-refractivity contribution in [3.05, 3.63) is 18.0 Å². The van der Waals surface area contributed by atoms with Crippen LogP contribution in [0, 0.1) is 0 Å². The van der Waals surface area contributed by atoms with Crippen LogP contribution in [0.4, 0.5) is 0 Å². The van der Waals surface area contributed by atoms with Crippen molar-refractivity contribution < 1.29 is 0 Å². The second-order valence-corrected chi connectivity index (χ2v) is 7.13.